The molecular formula is C28H32N4O3. The van der Waals surface area contributed by atoms with Crippen LogP contribution in [0, 0.1) is 13.8 Å². The predicted octanol–water partition coefficient (Wildman–Crippen LogP) is 4.30. The fourth-order valence-electron chi connectivity index (χ4n) is 3.70. The molecule has 0 aliphatic carbocycles. The van der Waals surface area contributed by atoms with E-state index in [9.17, 15) is 14.4 Å². The Labute approximate surface area is 206 Å². The van der Waals surface area contributed by atoms with E-state index in [1.54, 1.807) is 36.2 Å². The van der Waals surface area contributed by atoms with Crippen LogP contribution >= 0.6 is 0 Å². The van der Waals surface area contributed by atoms with Crippen molar-refractivity contribution in [1.82, 2.24) is 10.2 Å². The van der Waals surface area contributed by atoms with Crippen LogP contribution in [0.2, 0.25) is 0 Å². The Bertz CT molecular complexity index is 1190. The number of carbonyl (C=O) groups excluding carboxylic acids is 3. The zero-order valence-corrected chi connectivity index (χ0v) is 20.6. The van der Waals surface area contributed by atoms with Crippen LogP contribution in [-0.4, -0.2) is 42.8 Å². The fourth-order valence-corrected chi connectivity index (χ4v) is 3.70. The highest BCUT2D eigenvalue weighted by atomic mass is 16.2. The first-order valence-electron chi connectivity index (χ1n) is 11.5. The second-order valence-electron chi connectivity index (χ2n) is 8.67. The fraction of sp³-hybridized carbons (Fsp3) is 0.250. The van der Waals surface area contributed by atoms with Gasteiger partial charge in [-0.05, 0) is 62.7 Å². The molecule has 182 valence electrons. The molecule has 3 aromatic carbocycles. The van der Waals surface area contributed by atoms with Gasteiger partial charge in [0.2, 0.25) is 11.8 Å². The van der Waals surface area contributed by atoms with E-state index in [1.807, 2.05) is 69.3 Å². The summed E-state index contributed by atoms with van der Waals surface area (Å²) in [7, 11) is 1.70. The van der Waals surface area contributed by atoms with Crippen LogP contribution in [0.5, 0.6) is 0 Å². The molecule has 3 rings (SSSR count). The Hall–Kier alpha value is -3.97. The van der Waals surface area contributed by atoms with Crippen molar-refractivity contribution in [2.24, 2.45) is 0 Å². The average Bonchev–Trinajstić information content (AvgIpc) is 2.82. The summed E-state index contributed by atoms with van der Waals surface area (Å²) >= 11 is 0. The number of para-hydroxylation sites is 1. The third-order valence-corrected chi connectivity index (χ3v) is 5.80. The molecule has 1 atom stereocenters. The minimum atomic E-state index is -0.316. The molecule has 0 saturated heterocycles. The van der Waals surface area contributed by atoms with Gasteiger partial charge in [-0.2, -0.15) is 0 Å². The molecule has 0 fully saturated rings. The number of anilines is 2. The van der Waals surface area contributed by atoms with E-state index in [-0.39, 0.29) is 36.9 Å². The number of rotatable bonds is 9. The van der Waals surface area contributed by atoms with E-state index in [0.717, 1.165) is 22.4 Å². The largest absolute Gasteiger partial charge is 0.345 e. The number of benzene rings is 3. The Kier molecular flexibility index (Phi) is 8.75. The summed E-state index contributed by atoms with van der Waals surface area (Å²) in [5.74, 6) is -0.800. The standard InChI is InChI=1S/C28H32N4O3/c1-19-11-10-16-24(20(19)2)30-26(33)17-32(4)18-27(34)31-25-15-9-8-14-23(25)28(35)29-21(3)22-12-6-5-7-13-22/h5-16,21H,17-18H2,1-4H3,(H,29,35)(H,30,33)(H,31,34)/t21-/m0/s1. The highest BCUT2D eigenvalue weighted by Crippen LogP contribution is 2.19. The zero-order valence-electron chi connectivity index (χ0n) is 20.6. The highest BCUT2D eigenvalue weighted by molar-refractivity contribution is 6.04. The van der Waals surface area contributed by atoms with Crippen LogP contribution in [0.3, 0.4) is 0 Å². The molecule has 0 saturated carbocycles. The van der Waals surface area contributed by atoms with Crippen LogP contribution in [-0.2, 0) is 9.59 Å². The Morgan fingerprint density at radius 1 is 0.771 bits per heavy atom. The number of hydrogen-bond acceptors (Lipinski definition) is 4. The number of likely N-dealkylation sites (N-methyl/N-ethyl adjacent to an activating group) is 1. The monoisotopic (exact) mass is 472 g/mol. The van der Waals surface area contributed by atoms with Gasteiger partial charge in [0, 0.05) is 5.69 Å². The minimum Gasteiger partial charge on any atom is -0.345 e. The Morgan fingerprint density at radius 2 is 1.34 bits per heavy atom. The second kappa shape index (κ2) is 11.9. The molecule has 35 heavy (non-hydrogen) atoms. The van der Waals surface area contributed by atoms with Crippen LogP contribution in [0.4, 0.5) is 11.4 Å². The van der Waals surface area contributed by atoms with E-state index in [1.165, 1.54) is 0 Å². The van der Waals surface area contributed by atoms with E-state index < -0.39 is 0 Å². The molecule has 7 heteroatoms. The van der Waals surface area contributed by atoms with Gasteiger partial charge in [-0.3, -0.25) is 19.3 Å². The van der Waals surface area contributed by atoms with E-state index >= 15 is 0 Å². The van der Waals surface area contributed by atoms with Crippen molar-refractivity contribution in [2.45, 2.75) is 26.8 Å². The molecule has 3 amide bonds. The molecule has 0 radical (unpaired) electrons. The third-order valence-electron chi connectivity index (χ3n) is 5.80. The summed E-state index contributed by atoms with van der Waals surface area (Å²) in [4.78, 5) is 39.6. The van der Waals surface area contributed by atoms with Crippen molar-refractivity contribution in [1.29, 1.82) is 0 Å². The second-order valence-corrected chi connectivity index (χ2v) is 8.67. The van der Waals surface area contributed by atoms with Gasteiger partial charge in [0.05, 0.1) is 30.4 Å². The van der Waals surface area contributed by atoms with E-state index in [0.29, 0.717) is 11.3 Å². The summed E-state index contributed by atoms with van der Waals surface area (Å²) in [6, 6.07) is 22.1. The highest BCUT2D eigenvalue weighted by Gasteiger charge is 2.17. The zero-order chi connectivity index (χ0) is 25.4. The molecule has 0 aromatic heterocycles. The van der Waals surface area contributed by atoms with Gasteiger partial charge in [0.1, 0.15) is 0 Å². The van der Waals surface area contributed by atoms with Gasteiger partial charge in [-0.1, -0.05) is 54.6 Å². The van der Waals surface area contributed by atoms with Gasteiger partial charge in [-0.25, -0.2) is 0 Å². The van der Waals surface area contributed by atoms with E-state index in [4.69, 9.17) is 0 Å². The van der Waals surface area contributed by atoms with Crippen molar-refractivity contribution in [3.8, 4) is 0 Å². The maximum Gasteiger partial charge on any atom is 0.253 e. The topological polar surface area (TPSA) is 90.5 Å². The molecule has 0 aliphatic heterocycles. The van der Waals surface area contributed by atoms with Crippen molar-refractivity contribution in [2.75, 3.05) is 30.8 Å². The number of aryl methyl sites for hydroxylation is 1. The Morgan fingerprint density at radius 3 is 2.03 bits per heavy atom. The summed E-state index contributed by atoms with van der Waals surface area (Å²) in [5.41, 5.74) is 4.65. The van der Waals surface area contributed by atoms with Crippen molar-refractivity contribution in [3.05, 3.63) is 95.1 Å². The van der Waals surface area contributed by atoms with Crippen molar-refractivity contribution < 1.29 is 14.4 Å². The minimum absolute atomic E-state index is 0.00338. The molecule has 0 aliphatic rings. The normalized spacial score (nSPS) is 11.6. The van der Waals surface area contributed by atoms with Crippen LogP contribution in [0.1, 0.15) is 40.0 Å². The number of carbonyl (C=O) groups is 3. The maximum absolute atomic E-state index is 12.9. The van der Waals surface area contributed by atoms with Gasteiger partial charge in [0.25, 0.3) is 5.91 Å². The summed E-state index contributed by atoms with van der Waals surface area (Å²) in [5, 5.41) is 8.67. The molecule has 7 nitrogen and oxygen atoms in total. The number of nitrogens with one attached hydrogen (secondary N) is 3. The number of amides is 3. The van der Waals surface area contributed by atoms with Gasteiger partial charge in [-0.15, -0.1) is 0 Å². The number of hydrogen-bond donors (Lipinski definition) is 3. The first kappa shape index (κ1) is 25.6. The van der Waals surface area contributed by atoms with Gasteiger partial charge >= 0.3 is 0 Å². The molecule has 0 unspecified atom stereocenters. The quantitative estimate of drug-likeness (QED) is 0.433. The van der Waals surface area contributed by atoms with Crippen molar-refractivity contribution >= 4 is 29.1 Å². The van der Waals surface area contributed by atoms with Crippen LogP contribution < -0.4 is 16.0 Å². The summed E-state index contributed by atoms with van der Waals surface area (Å²) in [6.45, 7) is 5.90. The third kappa shape index (κ3) is 7.25. The lowest BCUT2D eigenvalue weighted by Gasteiger charge is -2.18. The van der Waals surface area contributed by atoms with Crippen molar-refractivity contribution in [3.63, 3.8) is 0 Å². The number of nitrogens with zero attached hydrogens (tertiary/aromatic N) is 1. The maximum atomic E-state index is 12.9. The molecule has 0 heterocycles. The molecule has 0 bridgehead atoms. The molecule has 0 spiro atoms. The average molecular weight is 473 g/mol. The molecule has 3 aromatic rings. The Balaban J connectivity index is 1.56. The van der Waals surface area contributed by atoms with Crippen LogP contribution in [0.25, 0.3) is 0 Å². The predicted molar refractivity (Wildman–Crippen MR) is 139 cm³/mol. The lowest BCUT2D eigenvalue weighted by atomic mass is 10.1. The molecule has 3 N–H and O–H groups in total. The lowest BCUT2D eigenvalue weighted by molar-refractivity contribution is -0.119. The summed E-state index contributed by atoms with van der Waals surface area (Å²) < 4.78 is 0. The molecular weight excluding hydrogens is 440 g/mol. The lowest BCUT2D eigenvalue weighted by Crippen LogP contribution is -2.36. The van der Waals surface area contributed by atoms with Gasteiger partial charge < -0.3 is 16.0 Å². The first-order chi connectivity index (χ1) is 16.7. The van der Waals surface area contributed by atoms with E-state index in [2.05, 4.69) is 16.0 Å². The SMILES string of the molecule is Cc1cccc(NC(=O)CN(C)CC(=O)Nc2ccccc2C(=O)N[C@@H](C)c2ccccc2)c1C. The first-order valence-corrected chi connectivity index (χ1v) is 11.5. The van der Waals surface area contributed by atoms with Gasteiger partial charge in [0.15, 0.2) is 0 Å². The smallest absolute Gasteiger partial charge is 0.253 e. The van der Waals surface area contributed by atoms with Crippen LogP contribution in [0.15, 0.2) is 72.8 Å². The summed E-state index contributed by atoms with van der Waals surface area (Å²) in [6.07, 6.45) is 0.